The predicted octanol–water partition coefficient (Wildman–Crippen LogP) is 0.105. The smallest absolute Gasteiger partial charge is 0.358 e. The quantitative estimate of drug-likeness (QED) is 0.581. The summed E-state index contributed by atoms with van der Waals surface area (Å²) in [6.45, 7) is 0. The van der Waals surface area contributed by atoms with Gasteiger partial charge in [0.25, 0.3) is 10.1 Å². The molecule has 1 heterocycles. The lowest BCUT2D eigenvalue weighted by atomic mass is 10.3. The Labute approximate surface area is 112 Å². The number of nitrogens with zero attached hydrogens (tertiary/aromatic N) is 2. The summed E-state index contributed by atoms with van der Waals surface area (Å²) in [7, 11) is -4.34. The Morgan fingerprint density at radius 3 is 2.20 bits per heavy atom. The molecule has 0 aliphatic heterocycles. The Morgan fingerprint density at radius 2 is 1.80 bits per heavy atom. The van der Waals surface area contributed by atoms with Gasteiger partial charge in [0, 0.05) is 0 Å². The topological polar surface area (TPSA) is 156 Å². The highest BCUT2D eigenvalue weighted by Crippen LogP contribution is 2.27. The SMILES string of the molecule is Nc1c(C(=O)O)nn(-c2ccc(S(=O)(=O)O)cc2)c1O. The molecule has 0 aliphatic carbocycles. The highest BCUT2D eigenvalue weighted by molar-refractivity contribution is 7.85. The van der Waals surface area contributed by atoms with Crippen LogP contribution in [-0.2, 0) is 10.1 Å². The maximum Gasteiger partial charge on any atom is 0.358 e. The molecule has 5 N–H and O–H groups in total. The van der Waals surface area contributed by atoms with Crippen molar-refractivity contribution in [3.05, 3.63) is 30.0 Å². The van der Waals surface area contributed by atoms with Crippen molar-refractivity contribution in [2.45, 2.75) is 4.90 Å². The van der Waals surface area contributed by atoms with Crippen LogP contribution in [-0.4, -0.2) is 38.9 Å². The molecule has 9 nitrogen and oxygen atoms in total. The van der Waals surface area contributed by atoms with Crippen LogP contribution >= 0.6 is 0 Å². The van der Waals surface area contributed by atoms with Crippen molar-refractivity contribution >= 4 is 21.8 Å². The van der Waals surface area contributed by atoms with E-state index in [1.807, 2.05) is 0 Å². The van der Waals surface area contributed by atoms with Gasteiger partial charge in [0.15, 0.2) is 5.69 Å². The third kappa shape index (κ3) is 2.29. The van der Waals surface area contributed by atoms with Gasteiger partial charge in [-0.1, -0.05) is 0 Å². The Hall–Kier alpha value is -2.59. The Balaban J connectivity index is 2.53. The molecule has 2 rings (SSSR count). The van der Waals surface area contributed by atoms with Crippen molar-refractivity contribution in [1.82, 2.24) is 9.78 Å². The van der Waals surface area contributed by atoms with E-state index >= 15 is 0 Å². The van der Waals surface area contributed by atoms with Crippen LogP contribution in [0.5, 0.6) is 5.88 Å². The highest BCUT2D eigenvalue weighted by Gasteiger charge is 2.21. The van der Waals surface area contributed by atoms with Crippen molar-refractivity contribution < 1.29 is 28.0 Å². The second-order valence-electron chi connectivity index (χ2n) is 3.77. The zero-order chi connectivity index (χ0) is 15.1. The average Bonchev–Trinajstić information content (AvgIpc) is 2.66. The molecule has 0 saturated carbocycles. The minimum absolute atomic E-state index is 0.175. The van der Waals surface area contributed by atoms with Crippen LogP contribution < -0.4 is 5.73 Å². The molecule has 0 unspecified atom stereocenters. The van der Waals surface area contributed by atoms with Gasteiger partial charge < -0.3 is 15.9 Å². The van der Waals surface area contributed by atoms with Crippen molar-refractivity contribution in [3.8, 4) is 11.6 Å². The predicted molar refractivity (Wildman–Crippen MR) is 66.4 cm³/mol. The molecule has 0 saturated heterocycles. The molecule has 0 amide bonds. The van der Waals surface area contributed by atoms with Crippen molar-refractivity contribution in [3.63, 3.8) is 0 Å². The Morgan fingerprint density at radius 1 is 1.25 bits per heavy atom. The maximum absolute atomic E-state index is 10.9. The van der Waals surface area contributed by atoms with Gasteiger partial charge in [-0.05, 0) is 24.3 Å². The number of rotatable bonds is 3. The van der Waals surface area contributed by atoms with Gasteiger partial charge in [-0.2, -0.15) is 18.2 Å². The van der Waals surface area contributed by atoms with E-state index in [4.69, 9.17) is 15.4 Å². The third-order valence-electron chi connectivity index (χ3n) is 2.48. The molecule has 0 spiro atoms. The monoisotopic (exact) mass is 299 g/mol. The second-order valence-corrected chi connectivity index (χ2v) is 5.19. The van der Waals surface area contributed by atoms with E-state index in [1.165, 1.54) is 12.1 Å². The number of anilines is 1. The van der Waals surface area contributed by atoms with E-state index in [2.05, 4.69) is 5.10 Å². The van der Waals surface area contributed by atoms with E-state index in [0.717, 1.165) is 16.8 Å². The van der Waals surface area contributed by atoms with Gasteiger partial charge in [0.1, 0.15) is 5.69 Å². The fourth-order valence-electron chi connectivity index (χ4n) is 1.52. The zero-order valence-electron chi connectivity index (χ0n) is 9.76. The summed E-state index contributed by atoms with van der Waals surface area (Å²) in [4.78, 5) is 10.5. The van der Waals surface area contributed by atoms with Crippen LogP contribution in [0.3, 0.4) is 0 Å². The normalized spacial score (nSPS) is 11.4. The van der Waals surface area contributed by atoms with Crippen LogP contribution in [0.1, 0.15) is 10.5 Å². The molecule has 2 aromatic rings. The largest absolute Gasteiger partial charge is 0.492 e. The van der Waals surface area contributed by atoms with Crippen LogP contribution in [0.2, 0.25) is 0 Å². The molecule has 1 aromatic carbocycles. The van der Waals surface area contributed by atoms with Crippen molar-refractivity contribution in [2.24, 2.45) is 0 Å². The van der Waals surface area contributed by atoms with Gasteiger partial charge in [0.2, 0.25) is 5.88 Å². The van der Waals surface area contributed by atoms with Gasteiger partial charge in [-0.3, -0.25) is 4.55 Å². The van der Waals surface area contributed by atoms with Gasteiger partial charge in [0.05, 0.1) is 10.6 Å². The first-order chi connectivity index (χ1) is 9.21. The molecule has 106 valence electrons. The summed E-state index contributed by atoms with van der Waals surface area (Å²) in [5, 5.41) is 22.1. The van der Waals surface area contributed by atoms with E-state index < -0.39 is 33.3 Å². The van der Waals surface area contributed by atoms with Gasteiger partial charge in [-0.15, -0.1) is 0 Å². The summed E-state index contributed by atoms with van der Waals surface area (Å²) >= 11 is 0. The number of nitrogen functional groups attached to an aromatic ring is 1. The minimum atomic E-state index is -4.34. The maximum atomic E-state index is 10.9. The number of aromatic carboxylic acids is 1. The van der Waals surface area contributed by atoms with Gasteiger partial charge >= 0.3 is 5.97 Å². The van der Waals surface area contributed by atoms with Crippen LogP contribution in [0.4, 0.5) is 5.69 Å². The number of hydrogen-bond donors (Lipinski definition) is 4. The van der Waals surface area contributed by atoms with Crippen LogP contribution in [0, 0.1) is 0 Å². The molecule has 0 bridgehead atoms. The van der Waals surface area contributed by atoms with Crippen LogP contribution in [0.15, 0.2) is 29.2 Å². The highest BCUT2D eigenvalue weighted by atomic mass is 32.2. The zero-order valence-corrected chi connectivity index (χ0v) is 10.6. The molecular formula is C10H9N3O6S. The molecule has 0 radical (unpaired) electrons. The summed E-state index contributed by atoms with van der Waals surface area (Å²) in [5.74, 6) is -1.99. The van der Waals surface area contributed by atoms with E-state index in [1.54, 1.807) is 0 Å². The standard InChI is InChI=1S/C10H9N3O6S/c11-7-8(10(15)16)12-13(9(7)14)5-1-3-6(4-2-5)20(17,18)19/h1-4,14H,11H2,(H,15,16)(H,17,18,19). The average molecular weight is 299 g/mol. The lowest BCUT2D eigenvalue weighted by molar-refractivity contribution is 0.0691. The lowest BCUT2D eigenvalue weighted by Gasteiger charge is -2.03. The number of carboxylic acids is 1. The van der Waals surface area contributed by atoms with Crippen molar-refractivity contribution in [2.75, 3.05) is 5.73 Å². The molecule has 0 fully saturated rings. The summed E-state index contributed by atoms with van der Waals surface area (Å²) < 4.78 is 31.4. The first-order valence-electron chi connectivity index (χ1n) is 5.10. The number of carboxylic acid groups (broad SMARTS) is 1. The number of hydrogen-bond acceptors (Lipinski definition) is 6. The molecule has 0 aliphatic rings. The molecule has 10 heteroatoms. The number of carbonyl (C=O) groups is 1. The summed E-state index contributed by atoms with van der Waals surface area (Å²) in [5.41, 5.74) is 4.63. The van der Waals surface area contributed by atoms with E-state index in [9.17, 15) is 18.3 Å². The molecule has 0 atom stereocenters. The molecule has 20 heavy (non-hydrogen) atoms. The van der Waals surface area contributed by atoms with E-state index in [0.29, 0.717) is 0 Å². The fraction of sp³-hybridized carbons (Fsp3) is 0. The fourth-order valence-corrected chi connectivity index (χ4v) is 2.00. The van der Waals surface area contributed by atoms with Crippen LogP contribution in [0.25, 0.3) is 5.69 Å². The minimum Gasteiger partial charge on any atom is -0.492 e. The Kier molecular flexibility index (Phi) is 3.12. The first-order valence-corrected chi connectivity index (χ1v) is 6.54. The number of benzene rings is 1. The Bertz CT molecular complexity index is 778. The molecular weight excluding hydrogens is 290 g/mol. The lowest BCUT2D eigenvalue weighted by Crippen LogP contribution is -2.03. The van der Waals surface area contributed by atoms with Crippen molar-refractivity contribution in [1.29, 1.82) is 0 Å². The molecule has 1 aromatic heterocycles. The van der Waals surface area contributed by atoms with E-state index in [-0.39, 0.29) is 10.6 Å². The number of aromatic hydroxyl groups is 1. The first kappa shape index (κ1) is 13.8. The summed E-state index contributed by atoms with van der Waals surface area (Å²) in [6, 6.07) is 4.59. The summed E-state index contributed by atoms with van der Waals surface area (Å²) in [6.07, 6.45) is 0. The number of nitrogens with two attached hydrogens (primary N) is 1. The third-order valence-corrected chi connectivity index (χ3v) is 3.35. The van der Waals surface area contributed by atoms with Gasteiger partial charge in [-0.25, -0.2) is 4.79 Å². The second kappa shape index (κ2) is 4.51. The number of aromatic nitrogens is 2.